The fourth-order valence-electron chi connectivity index (χ4n) is 0.701. The third kappa shape index (κ3) is 5.97. The highest BCUT2D eigenvalue weighted by atomic mass is 15.4. The Hall–Kier alpha value is -0.160. The van der Waals surface area contributed by atoms with Gasteiger partial charge in [0.1, 0.15) is 0 Å². The molecule has 0 aromatic carbocycles. The van der Waals surface area contributed by atoms with E-state index in [1.54, 1.807) is 5.01 Å². The number of rotatable bonds is 6. The van der Waals surface area contributed by atoms with Gasteiger partial charge in [-0.1, -0.05) is 0 Å². The zero-order valence-corrected chi connectivity index (χ0v) is 6.42. The second-order valence-corrected chi connectivity index (χ2v) is 2.32. The average Bonchev–Trinajstić information content (AvgIpc) is 1.97. The standard InChI is InChI=1S/C6H18N4/c7-3-1-5-10(9)6-2-4-8/h1-9H2. The molecule has 0 aliphatic carbocycles. The molecule has 0 saturated carbocycles. The van der Waals surface area contributed by atoms with Gasteiger partial charge in [-0.15, -0.1) is 0 Å². The Morgan fingerprint density at radius 3 is 1.60 bits per heavy atom. The smallest absolute Gasteiger partial charge is 0.0140 e. The number of nitrogens with zero attached hydrogens (tertiary/aromatic N) is 1. The van der Waals surface area contributed by atoms with Crippen molar-refractivity contribution < 1.29 is 0 Å². The molecular formula is C6H18N4. The number of nitrogens with two attached hydrogens (primary N) is 3. The third-order valence-electron chi connectivity index (χ3n) is 1.30. The molecule has 0 atom stereocenters. The SMILES string of the molecule is NCCCN(N)CCCN. The van der Waals surface area contributed by atoms with Crippen molar-refractivity contribution in [1.82, 2.24) is 5.01 Å². The molecule has 0 rings (SSSR count). The molecule has 4 nitrogen and oxygen atoms in total. The van der Waals surface area contributed by atoms with E-state index in [1.165, 1.54) is 0 Å². The predicted octanol–water partition coefficient (Wildman–Crippen LogP) is -1.14. The number of hydrogen-bond acceptors (Lipinski definition) is 4. The molecule has 0 aliphatic heterocycles. The van der Waals surface area contributed by atoms with E-state index in [0.29, 0.717) is 13.1 Å². The molecule has 0 heterocycles. The summed E-state index contributed by atoms with van der Waals surface area (Å²) in [5.41, 5.74) is 10.6. The molecule has 4 heteroatoms. The van der Waals surface area contributed by atoms with E-state index in [1.807, 2.05) is 0 Å². The Labute approximate surface area is 62.3 Å². The molecule has 0 bridgehead atoms. The van der Waals surface area contributed by atoms with Crippen LogP contribution < -0.4 is 17.3 Å². The summed E-state index contributed by atoms with van der Waals surface area (Å²) in [5, 5.41) is 1.76. The predicted molar refractivity (Wildman–Crippen MR) is 43.1 cm³/mol. The highest BCUT2D eigenvalue weighted by Gasteiger charge is 1.94. The van der Waals surface area contributed by atoms with Gasteiger partial charge in [0.2, 0.25) is 0 Å². The fraction of sp³-hybridized carbons (Fsp3) is 1.00. The van der Waals surface area contributed by atoms with Gasteiger partial charge in [0, 0.05) is 13.1 Å². The molecule has 0 radical (unpaired) electrons. The molecule has 0 spiro atoms. The van der Waals surface area contributed by atoms with Gasteiger partial charge in [-0.25, -0.2) is 5.01 Å². The van der Waals surface area contributed by atoms with Gasteiger partial charge in [0.25, 0.3) is 0 Å². The summed E-state index contributed by atoms with van der Waals surface area (Å²) >= 11 is 0. The van der Waals surface area contributed by atoms with Crippen LogP contribution in [0.1, 0.15) is 12.8 Å². The van der Waals surface area contributed by atoms with Gasteiger partial charge in [0.15, 0.2) is 0 Å². The largest absolute Gasteiger partial charge is 0.330 e. The van der Waals surface area contributed by atoms with Crippen molar-refractivity contribution in [2.24, 2.45) is 17.3 Å². The van der Waals surface area contributed by atoms with Crippen molar-refractivity contribution >= 4 is 0 Å². The quantitative estimate of drug-likeness (QED) is 0.327. The first kappa shape index (κ1) is 9.84. The molecular weight excluding hydrogens is 128 g/mol. The molecule has 0 unspecified atom stereocenters. The lowest BCUT2D eigenvalue weighted by atomic mass is 10.4. The van der Waals surface area contributed by atoms with Gasteiger partial charge in [-0.3, -0.25) is 5.84 Å². The lowest BCUT2D eigenvalue weighted by Crippen LogP contribution is -2.34. The Kier molecular flexibility index (Phi) is 6.84. The lowest BCUT2D eigenvalue weighted by Gasteiger charge is -2.14. The highest BCUT2D eigenvalue weighted by Crippen LogP contribution is 1.83. The van der Waals surface area contributed by atoms with Crippen LogP contribution in [0.4, 0.5) is 0 Å². The summed E-state index contributed by atoms with van der Waals surface area (Å²) in [7, 11) is 0. The maximum Gasteiger partial charge on any atom is 0.0140 e. The Morgan fingerprint density at radius 2 is 1.30 bits per heavy atom. The minimum absolute atomic E-state index is 0.705. The van der Waals surface area contributed by atoms with E-state index < -0.39 is 0 Å². The first-order chi connectivity index (χ1) is 4.81. The zero-order chi connectivity index (χ0) is 7.82. The summed E-state index contributed by atoms with van der Waals surface area (Å²) in [5.74, 6) is 5.57. The van der Waals surface area contributed by atoms with Crippen molar-refractivity contribution in [3.05, 3.63) is 0 Å². The van der Waals surface area contributed by atoms with Crippen LogP contribution in [0.15, 0.2) is 0 Å². The van der Waals surface area contributed by atoms with E-state index in [4.69, 9.17) is 17.3 Å². The Balaban J connectivity index is 3.00. The topological polar surface area (TPSA) is 81.3 Å². The van der Waals surface area contributed by atoms with E-state index in [9.17, 15) is 0 Å². The van der Waals surface area contributed by atoms with Gasteiger partial charge in [-0.2, -0.15) is 0 Å². The van der Waals surface area contributed by atoms with Crippen LogP contribution in [0.3, 0.4) is 0 Å². The zero-order valence-electron chi connectivity index (χ0n) is 6.42. The normalized spacial score (nSPS) is 10.8. The molecule has 6 N–H and O–H groups in total. The number of hydrazine groups is 1. The van der Waals surface area contributed by atoms with E-state index in [-0.39, 0.29) is 0 Å². The first-order valence-electron chi connectivity index (χ1n) is 3.71. The highest BCUT2D eigenvalue weighted by molar-refractivity contribution is 4.49. The van der Waals surface area contributed by atoms with Crippen molar-refractivity contribution in [2.75, 3.05) is 26.2 Å². The van der Waals surface area contributed by atoms with Crippen LogP contribution in [-0.4, -0.2) is 31.2 Å². The van der Waals surface area contributed by atoms with Gasteiger partial charge in [0.05, 0.1) is 0 Å². The summed E-state index contributed by atoms with van der Waals surface area (Å²) in [4.78, 5) is 0. The lowest BCUT2D eigenvalue weighted by molar-refractivity contribution is 0.279. The van der Waals surface area contributed by atoms with E-state index >= 15 is 0 Å². The van der Waals surface area contributed by atoms with E-state index in [2.05, 4.69) is 0 Å². The minimum Gasteiger partial charge on any atom is -0.330 e. The molecule has 0 aromatic heterocycles. The van der Waals surface area contributed by atoms with Crippen molar-refractivity contribution in [2.45, 2.75) is 12.8 Å². The maximum atomic E-state index is 5.57. The van der Waals surface area contributed by atoms with Gasteiger partial charge < -0.3 is 11.5 Å². The van der Waals surface area contributed by atoms with Crippen LogP contribution >= 0.6 is 0 Å². The van der Waals surface area contributed by atoms with Crippen LogP contribution in [0.25, 0.3) is 0 Å². The minimum atomic E-state index is 0.705. The van der Waals surface area contributed by atoms with Crippen LogP contribution in [0.5, 0.6) is 0 Å². The second-order valence-electron chi connectivity index (χ2n) is 2.32. The summed E-state index contributed by atoms with van der Waals surface area (Å²) in [6.45, 7) is 3.15. The molecule has 0 amide bonds. The molecule has 0 aromatic rings. The molecule has 10 heavy (non-hydrogen) atoms. The molecule has 0 aliphatic rings. The van der Waals surface area contributed by atoms with Crippen molar-refractivity contribution in [1.29, 1.82) is 0 Å². The van der Waals surface area contributed by atoms with Crippen LogP contribution in [0, 0.1) is 0 Å². The van der Waals surface area contributed by atoms with Crippen LogP contribution in [0.2, 0.25) is 0 Å². The Morgan fingerprint density at radius 1 is 0.900 bits per heavy atom. The molecule has 0 fully saturated rings. The number of hydrogen-bond donors (Lipinski definition) is 3. The summed E-state index contributed by atoms with van der Waals surface area (Å²) in [6, 6.07) is 0. The maximum absolute atomic E-state index is 5.57. The summed E-state index contributed by atoms with van der Waals surface area (Å²) in [6.07, 6.45) is 1.92. The van der Waals surface area contributed by atoms with Crippen molar-refractivity contribution in [3.63, 3.8) is 0 Å². The van der Waals surface area contributed by atoms with Crippen LogP contribution in [-0.2, 0) is 0 Å². The van der Waals surface area contributed by atoms with Crippen molar-refractivity contribution in [3.8, 4) is 0 Å². The average molecular weight is 146 g/mol. The van der Waals surface area contributed by atoms with Gasteiger partial charge >= 0.3 is 0 Å². The first-order valence-corrected chi connectivity index (χ1v) is 3.71. The second kappa shape index (κ2) is 6.95. The molecule has 62 valence electrons. The monoisotopic (exact) mass is 146 g/mol. The molecule has 0 saturated heterocycles. The van der Waals surface area contributed by atoms with Gasteiger partial charge in [-0.05, 0) is 25.9 Å². The summed E-state index contributed by atoms with van der Waals surface area (Å²) < 4.78 is 0. The third-order valence-corrected chi connectivity index (χ3v) is 1.30. The Bertz CT molecular complexity index is 58.8. The van der Waals surface area contributed by atoms with E-state index in [0.717, 1.165) is 25.9 Å². The fourth-order valence-corrected chi connectivity index (χ4v) is 0.701.